The molecule has 1 amide bonds. The van der Waals surface area contributed by atoms with Gasteiger partial charge in [0.1, 0.15) is 0 Å². The van der Waals surface area contributed by atoms with E-state index in [1.165, 1.54) is 0 Å². The summed E-state index contributed by atoms with van der Waals surface area (Å²) >= 11 is 0. The fourth-order valence-electron chi connectivity index (χ4n) is 2.19. The molecule has 2 aromatic carbocycles. The number of amides is 1. The zero-order chi connectivity index (χ0) is 14.7. The molecule has 4 heteroatoms. The van der Waals surface area contributed by atoms with E-state index < -0.39 is 0 Å². The highest BCUT2D eigenvalue weighted by Gasteiger charge is 2.09. The molecular formula is C17H14N2O2. The van der Waals surface area contributed by atoms with E-state index in [0.29, 0.717) is 16.8 Å². The van der Waals surface area contributed by atoms with Crippen LogP contribution in [-0.2, 0) is 6.61 Å². The number of aliphatic hydroxyl groups is 1. The molecule has 0 bridgehead atoms. The Morgan fingerprint density at radius 3 is 2.81 bits per heavy atom. The van der Waals surface area contributed by atoms with Crippen molar-refractivity contribution in [3.63, 3.8) is 0 Å². The van der Waals surface area contributed by atoms with Gasteiger partial charge in [-0.1, -0.05) is 24.3 Å². The lowest BCUT2D eigenvalue weighted by atomic mass is 10.1. The smallest absolute Gasteiger partial charge is 0.255 e. The van der Waals surface area contributed by atoms with Crippen LogP contribution in [0.1, 0.15) is 15.9 Å². The molecule has 0 aliphatic rings. The number of carbonyl (C=O) groups excluding carboxylic acids is 1. The average molecular weight is 278 g/mol. The number of benzene rings is 2. The van der Waals surface area contributed by atoms with E-state index >= 15 is 0 Å². The molecule has 0 fully saturated rings. The fraction of sp³-hybridized carbons (Fsp3) is 0.0588. The van der Waals surface area contributed by atoms with Crippen molar-refractivity contribution in [3.05, 3.63) is 71.9 Å². The summed E-state index contributed by atoms with van der Waals surface area (Å²) in [4.78, 5) is 16.5. The molecule has 3 aromatic rings. The van der Waals surface area contributed by atoms with E-state index in [1.807, 2.05) is 30.3 Å². The largest absolute Gasteiger partial charge is 0.392 e. The normalized spacial score (nSPS) is 10.5. The summed E-state index contributed by atoms with van der Waals surface area (Å²) in [7, 11) is 0. The molecule has 21 heavy (non-hydrogen) atoms. The van der Waals surface area contributed by atoms with E-state index in [0.717, 1.165) is 10.9 Å². The van der Waals surface area contributed by atoms with Crippen LogP contribution in [-0.4, -0.2) is 16.0 Å². The van der Waals surface area contributed by atoms with Gasteiger partial charge >= 0.3 is 0 Å². The lowest BCUT2D eigenvalue weighted by Gasteiger charge is -2.09. The van der Waals surface area contributed by atoms with E-state index in [2.05, 4.69) is 10.3 Å². The maximum atomic E-state index is 12.3. The predicted molar refractivity (Wildman–Crippen MR) is 82.1 cm³/mol. The van der Waals surface area contributed by atoms with Gasteiger partial charge < -0.3 is 10.4 Å². The maximum Gasteiger partial charge on any atom is 0.255 e. The van der Waals surface area contributed by atoms with Crippen molar-refractivity contribution in [2.45, 2.75) is 6.61 Å². The lowest BCUT2D eigenvalue weighted by molar-refractivity contribution is 0.102. The molecule has 0 atom stereocenters. The summed E-state index contributed by atoms with van der Waals surface area (Å²) < 4.78 is 0. The summed E-state index contributed by atoms with van der Waals surface area (Å²) in [6.07, 6.45) is 1.72. The Balaban J connectivity index is 1.90. The second-order valence-corrected chi connectivity index (χ2v) is 4.68. The van der Waals surface area contributed by atoms with Gasteiger partial charge in [-0.05, 0) is 30.3 Å². The van der Waals surface area contributed by atoms with Crippen LogP contribution in [0.25, 0.3) is 10.9 Å². The molecule has 0 spiro atoms. The molecule has 2 N–H and O–H groups in total. The minimum atomic E-state index is -0.207. The van der Waals surface area contributed by atoms with E-state index in [1.54, 1.807) is 30.5 Å². The van der Waals surface area contributed by atoms with Gasteiger partial charge in [-0.15, -0.1) is 0 Å². The molecule has 0 saturated heterocycles. The van der Waals surface area contributed by atoms with Gasteiger partial charge in [-0.2, -0.15) is 0 Å². The van der Waals surface area contributed by atoms with Crippen LogP contribution in [0.5, 0.6) is 0 Å². The molecular weight excluding hydrogens is 264 g/mol. The van der Waals surface area contributed by atoms with Gasteiger partial charge in [0, 0.05) is 28.4 Å². The quantitative estimate of drug-likeness (QED) is 0.774. The highest BCUT2D eigenvalue weighted by Crippen LogP contribution is 2.18. The van der Waals surface area contributed by atoms with Gasteiger partial charge in [0.25, 0.3) is 5.91 Å². The number of aliphatic hydroxyl groups excluding tert-OH is 1. The Hall–Kier alpha value is -2.72. The highest BCUT2D eigenvalue weighted by atomic mass is 16.3. The molecule has 104 valence electrons. The zero-order valence-corrected chi connectivity index (χ0v) is 11.3. The monoisotopic (exact) mass is 278 g/mol. The molecule has 0 radical (unpaired) electrons. The van der Waals surface area contributed by atoms with Crippen LogP contribution >= 0.6 is 0 Å². The first-order chi connectivity index (χ1) is 10.3. The summed E-state index contributed by atoms with van der Waals surface area (Å²) in [5, 5.41) is 13.0. The Labute approximate surface area is 122 Å². The fourth-order valence-corrected chi connectivity index (χ4v) is 2.19. The first kappa shape index (κ1) is 13.3. The third-order valence-electron chi connectivity index (χ3n) is 3.30. The average Bonchev–Trinajstić information content (AvgIpc) is 2.55. The van der Waals surface area contributed by atoms with Crippen molar-refractivity contribution in [2.75, 3.05) is 5.32 Å². The number of anilines is 1. The standard InChI is InChI=1S/C17H14N2O2/c20-11-14-4-1-2-6-16(14)19-17(21)13-7-8-15-12(10-13)5-3-9-18-15/h1-10,20H,11H2,(H,19,21). The van der Waals surface area contributed by atoms with Crippen molar-refractivity contribution in [1.82, 2.24) is 4.98 Å². The zero-order valence-electron chi connectivity index (χ0n) is 11.3. The van der Waals surface area contributed by atoms with E-state index in [4.69, 9.17) is 0 Å². The van der Waals surface area contributed by atoms with Crippen LogP contribution in [0, 0.1) is 0 Å². The topological polar surface area (TPSA) is 62.2 Å². The Kier molecular flexibility index (Phi) is 3.62. The van der Waals surface area contributed by atoms with Crippen LogP contribution < -0.4 is 5.32 Å². The van der Waals surface area contributed by atoms with Crippen LogP contribution in [0.4, 0.5) is 5.69 Å². The minimum absolute atomic E-state index is 0.113. The number of para-hydroxylation sites is 1. The van der Waals surface area contributed by atoms with E-state index in [-0.39, 0.29) is 12.5 Å². The van der Waals surface area contributed by atoms with Crippen LogP contribution in [0.15, 0.2) is 60.8 Å². The van der Waals surface area contributed by atoms with Crippen LogP contribution in [0.3, 0.4) is 0 Å². The van der Waals surface area contributed by atoms with Crippen molar-refractivity contribution < 1.29 is 9.90 Å². The van der Waals surface area contributed by atoms with Crippen molar-refractivity contribution >= 4 is 22.5 Å². The molecule has 1 aromatic heterocycles. The maximum absolute atomic E-state index is 12.3. The molecule has 4 nitrogen and oxygen atoms in total. The van der Waals surface area contributed by atoms with Gasteiger partial charge in [0.2, 0.25) is 0 Å². The van der Waals surface area contributed by atoms with Crippen molar-refractivity contribution in [3.8, 4) is 0 Å². The number of hydrogen-bond donors (Lipinski definition) is 2. The van der Waals surface area contributed by atoms with Gasteiger partial charge in [-0.25, -0.2) is 0 Å². The number of aromatic nitrogens is 1. The van der Waals surface area contributed by atoms with Crippen molar-refractivity contribution in [2.24, 2.45) is 0 Å². The third kappa shape index (κ3) is 2.75. The number of nitrogens with zero attached hydrogens (tertiary/aromatic N) is 1. The SMILES string of the molecule is O=C(Nc1ccccc1CO)c1ccc2ncccc2c1. The number of hydrogen-bond acceptors (Lipinski definition) is 3. The Bertz CT molecular complexity index is 799. The lowest BCUT2D eigenvalue weighted by Crippen LogP contribution is -2.13. The highest BCUT2D eigenvalue weighted by molar-refractivity contribution is 6.06. The number of nitrogens with one attached hydrogen (secondary N) is 1. The number of pyridine rings is 1. The molecule has 0 aliphatic heterocycles. The number of rotatable bonds is 3. The summed E-state index contributed by atoms with van der Waals surface area (Å²) in [5.74, 6) is -0.207. The van der Waals surface area contributed by atoms with Crippen molar-refractivity contribution in [1.29, 1.82) is 0 Å². The molecule has 0 saturated carbocycles. The third-order valence-corrected chi connectivity index (χ3v) is 3.30. The van der Waals surface area contributed by atoms with Gasteiger partial charge in [0.05, 0.1) is 12.1 Å². The van der Waals surface area contributed by atoms with Gasteiger partial charge in [-0.3, -0.25) is 9.78 Å². The first-order valence-corrected chi connectivity index (χ1v) is 6.63. The molecule has 0 aliphatic carbocycles. The Morgan fingerprint density at radius 2 is 1.95 bits per heavy atom. The number of carbonyl (C=O) groups is 1. The van der Waals surface area contributed by atoms with Crippen LogP contribution in [0.2, 0.25) is 0 Å². The van der Waals surface area contributed by atoms with Gasteiger partial charge in [0.15, 0.2) is 0 Å². The second-order valence-electron chi connectivity index (χ2n) is 4.68. The number of fused-ring (bicyclic) bond motifs is 1. The molecule has 0 unspecified atom stereocenters. The summed E-state index contributed by atoms with van der Waals surface area (Å²) in [6.45, 7) is -0.113. The van der Waals surface area contributed by atoms with E-state index in [9.17, 15) is 9.90 Å². The summed E-state index contributed by atoms with van der Waals surface area (Å²) in [6, 6.07) is 16.3. The molecule has 1 heterocycles. The minimum Gasteiger partial charge on any atom is -0.392 e. The predicted octanol–water partition coefficient (Wildman–Crippen LogP) is 2.98. The Morgan fingerprint density at radius 1 is 1.10 bits per heavy atom. The second kappa shape index (κ2) is 5.73. The first-order valence-electron chi connectivity index (χ1n) is 6.63. The molecule has 3 rings (SSSR count). The summed E-state index contributed by atoms with van der Waals surface area (Å²) in [5.41, 5.74) is 2.72.